The van der Waals surface area contributed by atoms with Crippen molar-refractivity contribution in [1.82, 2.24) is 0 Å². The fraction of sp³-hybridized carbons (Fsp3) is 0.103. The van der Waals surface area contributed by atoms with E-state index in [-0.39, 0.29) is 5.41 Å². The van der Waals surface area contributed by atoms with Crippen molar-refractivity contribution in [2.75, 3.05) is 4.90 Å². The molecule has 1 aromatic heterocycles. The second-order valence-electron chi connectivity index (χ2n) is 8.82. The Morgan fingerprint density at radius 1 is 0.882 bits per heavy atom. The van der Waals surface area contributed by atoms with Gasteiger partial charge in [-0.05, 0) is 54.1 Å². The van der Waals surface area contributed by atoms with E-state index in [2.05, 4.69) is 91.5 Å². The Labute approximate surface area is 207 Å². The van der Waals surface area contributed by atoms with Gasteiger partial charge in [0.25, 0.3) is 0 Å². The Morgan fingerprint density at radius 3 is 2.21 bits per heavy atom. The Balaban J connectivity index is 1.41. The summed E-state index contributed by atoms with van der Waals surface area (Å²) in [5.74, 6) is 0. The maximum absolute atomic E-state index is 10.1. The fourth-order valence-corrected chi connectivity index (χ4v) is 6.70. The summed E-state index contributed by atoms with van der Waals surface area (Å²) < 4.78 is 0. The molecule has 2 aliphatic rings. The maximum Gasteiger partial charge on any atom is 0.101 e. The summed E-state index contributed by atoms with van der Waals surface area (Å²) in [5.41, 5.74) is 5.62. The molecule has 0 atom stereocenters. The first-order valence-electron chi connectivity index (χ1n) is 11.1. The summed E-state index contributed by atoms with van der Waals surface area (Å²) in [6.07, 6.45) is 1.98. The molecule has 34 heavy (non-hydrogen) atoms. The van der Waals surface area contributed by atoms with Gasteiger partial charge >= 0.3 is 0 Å². The van der Waals surface area contributed by atoms with Crippen molar-refractivity contribution < 1.29 is 0 Å². The number of nitrogens with zero attached hydrogens (tertiary/aromatic N) is 3. The van der Waals surface area contributed by atoms with E-state index < -0.39 is 0 Å². The fourth-order valence-electron chi connectivity index (χ4n) is 4.66. The van der Waals surface area contributed by atoms with Gasteiger partial charge in [0.2, 0.25) is 0 Å². The van der Waals surface area contributed by atoms with Crippen LogP contribution >= 0.6 is 23.1 Å². The average molecular weight is 476 g/mol. The molecule has 4 aromatic rings. The van der Waals surface area contributed by atoms with Gasteiger partial charge in [0.1, 0.15) is 11.1 Å². The van der Waals surface area contributed by atoms with Gasteiger partial charge < -0.3 is 0 Å². The Hall–Kier alpha value is -3.59. The largest absolute Gasteiger partial charge is 0.300 e. The van der Waals surface area contributed by atoms with E-state index >= 15 is 0 Å². The quantitative estimate of drug-likeness (QED) is 0.245. The van der Waals surface area contributed by atoms with Crippen LogP contribution in [0.3, 0.4) is 0 Å². The summed E-state index contributed by atoms with van der Waals surface area (Å²) in [5, 5.41) is 11.2. The van der Waals surface area contributed by atoms with Crippen molar-refractivity contribution in [2.24, 2.45) is 4.99 Å². The Kier molecular flexibility index (Phi) is 4.95. The van der Waals surface area contributed by atoms with Crippen LogP contribution < -0.4 is 4.90 Å². The third-order valence-electron chi connectivity index (χ3n) is 6.33. The summed E-state index contributed by atoms with van der Waals surface area (Å²) >= 11 is 3.49. The lowest BCUT2D eigenvalue weighted by atomic mass is 9.79. The first-order valence-corrected chi connectivity index (χ1v) is 12.8. The highest BCUT2D eigenvalue weighted by Gasteiger charge is 2.36. The van der Waals surface area contributed by atoms with Crippen LogP contribution in [0.15, 0.2) is 105 Å². The predicted octanol–water partition coefficient (Wildman–Crippen LogP) is 8.65. The van der Waals surface area contributed by atoms with E-state index in [1.165, 1.54) is 21.2 Å². The number of anilines is 3. The molecule has 0 spiro atoms. The van der Waals surface area contributed by atoms with Gasteiger partial charge in [0.15, 0.2) is 0 Å². The first-order chi connectivity index (χ1) is 16.6. The maximum atomic E-state index is 10.1. The summed E-state index contributed by atoms with van der Waals surface area (Å²) in [6.45, 7) is 4.28. The molecule has 3 nitrogen and oxygen atoms in total. The van der Waals surface area contributed by atoms with Crippen molar-refractivity contribution in [3.05, 3.63) is 101 Å². The molecule has 0 aliphatic carbocycles. The summed E-state index contributed by atoms with van der Waals surface area (Å²) in [4.78, 5) is 10.7. The Morgan fingerprint density at radius 2 is 1.53 bits per heavy atom. The average Bonchev–Trinajstić information content (AvgIpc) is 3.43. The number of para-hydroxylation sites is 3. The van der Waals surface area contributed by atoms with Crippen LogP contribution in [0.5, 0.6) is 0 Å². The van der Waals surface area contributed by atoms with Gasteiger partial charge in [0, 0.05) is 20.1 Å². The zero-order valence-corrected chi connectivity index (χ0v) is 20.5. The minimum atomic E-state index is -0.305. The third-order valence-corrected chi connectivity index (χ3v) is 8.48. The molecule has 3 heterocycles. The Bertz CT molecular complexity index is 1490. The molecule has 0 bridgehead atoms. The lowest BCUT2D eigenvalue weighted by molar-refractivity contribution is 0.738. The number of hydrogen-bond donors (Lipinski definition) is 0. The van der Waals surface area contributed by atoms with Crippen LogP contribution in [0.2, 0.25) is 0 Å². The van der Waals surface area contributed by atoms with Crippen LogP contribution in [-0.2, 0) is 5.41 Å². The molecule has 0 fully saturated rings. The molecule has 2 aliphatic heterocycles. The highest BCUT2D eigenvalue weighted by Crippen LogP contribution is 2.52. The second kappa shape index (κ2) is 8.02. The molecule has 0 radical (unpaired) electrons. The monoisotopic (exact) mass is 475 g/mol. The highest BCUT2D eigenvalue weighted by atomic mass is 32.2. The topological polar surface area (TPSA) is 39.4 Å². The van der Waals surface area contributed by atoms with Crippen molar-refractivity contribution in [2.45, 2.75) is 29.1 Å². The van der Waals surface area contributed by atoms with Crippen LogP contribution in [-0.4, -0.2) is 5.71 Å². The SMILES string of the molecule is CC1(C)C(/C(C#N)=C/c2ccc(N3c4ccccc4Sc4ccccc43)s2)=Nc2ccccc21. The van der Waals surface area contributed by atoms with Crippen molar-refractivity contribution >= 4 is 56.9 Å². The smallest absolute Gasteiger partial charge is 0.101 e. The highest BCUT2D eigenvalue weighted by molar-refractivity contribution is 7.99. The van der Waals surface area contributed by atoms with Gasteiger partial charge in [-0.25, -0.2) is 0 Å². The van der Waals surface area contributed by atoms with E-state index in [1.807, 2.05) is 24.3 Å². The van der Waals surface area contributed by atoms with Crippen LogP contribution in [0, 0.1) is 11.3 Å². The van der Waals surface area contributed by atoms with Gasteiger partial charge in [-0.1, -0.05) is 68.1 Å². The molecule has 0 saturated heterocycles. The lowest BCUT2D eigenvalue weighted by Crippen LogP contribution is -2.26. The zero-order chi connectivity index (χ0) is 23.3. The van der Waals surface area contributed by atoms with Crippen LogP contribution in [0.4, 0.5) is 22.1 Å². The number of benzene rings is 3. The number of allylic oxidation sites excluding steroid dienone is 1. The van der Waals surface area contributed by atoms with Crippen LogP contribution in [0.1, 0.15) is 24.3 Å². The molecule has 0 amide bonds. The molecular formula is C29H21N3S2. The molecule has 0 N–H and O–H groups in total. The van der Waals surface area contributed by atoms with Crippen molar-refractivity contribution in [3.63, 3.8) is 0 Å². The van der Waals surface area contributed by atoms with E-state index in [4.69, 9.17) is 4.99 Å². The summed E-state index contributed by atoms with van der Waals surface area (Å²) in [7, 11) is 0. The molecule has 0 saturated carbocycles. The number of thiophene rings is 1. The van der Waals surface area contributed by atoms with E-state index in [1.54, 1.807) is 23.1 Å². The van der Waals surface area contributed by atoms with Gasteiger partial charge in [-0.2, -0.15) is 5.26 Å². The van der Waals surface area contributed by atoms with E-state index in [0.717, 1.165) is 26.8 Å². The van der Waals surface area contributed by atoms with Gasteiger partial charge in [-0.3, -0.25) is 9.89 Å². The number of aliphatic imine (C=N–C) groups is 1. The van der Waals surface area contributed by atoms with Crippen molar-refractivity contribution in [1.29, 1.82) is 5.26 Å². The second-order valence-corrected chi connectivity index (χ2v) is 11.0. The van der Waals surface area contributed by atoms with Crippen molar-refractivity contribution in [3.8, 4) is 6.07 Å². The minimum absolute atomic E-state index is 0.305. The van der Waals surface area contributed by atoms with Crippen LogP contribution in [0.25, 0.3) is 6.08 Å². The number of hydrogen-bond acceptors (Lipinski definition) is 5. The minimum Gasteiger partial charge on any atom is -0.300 e. The first kappa shape index (κ1) is 21.0. The molecule has 164 valence electrons. The summed E-state index contributed by atoms with van der Waals surface area (Å²) in [6, 6.07) is 31.8. The molecule has 6 rings (SSSR count). The normalized spacial score (nSPS) is 15.7. The third kappa shape index (κ3) is 3.30. The standard InChI is InChI=1S/C29H21N3S2/c1-29(2)21-9-3-4-10-22(21)31-28(29)19(18-30)17-20-15-16-27(33-20)32-23-11-5-7-13-25(23)34-26-14-8-6-12-24(26)32/h3-17H,1-2H3/b19-17+. The molecular weight excluding hydrogens is 454 g/mol. The number of rotatable bonds is 3. The molecule has 3 aromatic carbocycles. The predicted molar refractivity (Wildman–Crippen MR) is 143 cm³/mol. The number of nitriles is 1. The van der Waals surface area contributed by atoms with Gasteiger partial charge in [0.05, 0.1) is 28.3 Å². The van der Waals surface area contributed by atoms with E-state index in [0.29, 0.717) is 5.57 Å². The molecule has 0 unspecified atom stereocenters. The van der Waals surface area contributed by atoms with Gasteiger partial charge in [-0.15, -0.1) is 11.3 Å². The lowest BCUT2D eigenvalue weighted by Gasteiger charge is -2.31. The molecule has 5 heteroatoms. The number of fused-ring (bicyclic) bond motifs is 3. The van der Waals surface area contributed by atoms with E-state index in [9.17, 15) is 5.26 Å². The zero-order valence-electron chi connectivity index (χ0n) is 18.8.